The van der Waals surface area contributed by atoms with Gasteiger partial charge in [-0.1, -0.05) is 6.92 Å². The highest BCUT2D eigenvalue weighted by atomic mass is 32.2. The highest BCUT2D eigenvalue weighted by Gasteiger charge is 2.09. The van der Waals surface area contributed by atoms with Crippen LogP contribution in [0.3, 0.4) is 0 Å². The largest absolute Gasteiger partial charge is 0.317 e. The van der Waals surface area contributed by atoms with Gasteiger partial charge in [0, 0.05) is 31.9 Å². The van der Waals surface area contributed by atoms with Gasteiger partial charge in [0.15, 0.2) is 0 Å². The second-order valence-corrected chi connectivity index (χ2v) is 6.79. The van der Waals surface area contributed by atoms with Crippen molar-refractivity contribution in [1.29, 1.82) is 0 Å². The van der Waals surface area contributed by atoms with Gasteiger partial charge in [0.25, 0.3) is 0 Å². The summed E-state index contributed by atoms with van der Waals surface area (Å²) in [6, 6.07) is 1.90. The number of sulfonamides is 1. The third-order valence-corrected chi connectivity index (χ3v) is 4.54. The normalized spacial score (nSPS) is 11.9. The second kappa shape index (κ2) is 9.10. The van der Waals surface area contributed by atoms with Gasteiger partial charge in [-0.2, -0.15) is 5.10 Å². The van der Waals surface area contributed by atoms with Gasteiger partial charge in [-0.15, -0.1) is 0 Å². The molecule has 0 radical (unpaired) electrons. The van der Waals surface area contributed by atoms with Crippen LogP contribution in [-0.4, -0.2) is 43.6 Å². The number of aromatic nitrogens is 2. The van der Waals surface area contributed by atoms with Crippen molar-refractivity contribution in [3.63, 3.8) is 0 Å². The number of unbranched alkanes of at least 4 members (excludes halogenated alkanes) is 1. The zero-order valence-electron chi connectivity index (χ0n) is 12.4. The van der Waals surface area contributed by atoms with Crippen LogP contribution in [0.5, 0.6) is 0 Å². The van der Waals surface area contributed by atoms with Crippen LogP contribution in [0.4, 0.5) is 0 Å². The number of aryl methyl sites for hydroxylation is 1. The van der Waals surface area contributed by atoms with Gasteiger partial charge >= 0.3 is 0 Å². The Bertz CT molecular complexity index is 470. The molecular formula is C13H26N4O2S. The van der Waals surface area contributed by atoms with Crippen molar-refractivity contribution in [3.8, 4) is 0 Å². The average Bonchev–Trinajstić information content (AvgIpc) is 2.79. The zero-order chi connectivity index (χ0) is 14.8. The molecule has 0 saturated carbocycles. The fraction of sp³-hybridized carbons (Fsp3) is 0.769. The molecule has 0 aliphatic carbocycles. The molecule has 7 heteroatoms. The SMILES string of the molecule is CCCNCCCCS(=O)(=O)NCCc1ccnn1C. The molecule has 0 unspecified atom stereocenters. The van der Waals surface area contributed by atoms with E-state index in [0.29, 0.717) is 19.4 Å². The number of hydrogen-bond donors (Lipinski definition) is 2. The maximum absolute atomic E-state index is 11.8. The van der Waals surface area contributed by atoms with E-state index in [2.05, 4.69) is 22.1 Å². The third-order valence-electron chi connectivity index (χ3n) is 3.07. The molecule has 1 rings (SSSR count). The Kier molecular flexibility index (Phi) is 7.79. The van der Waals surface area contributed by atoms with Gasteiger partial charge in [0.2, 0.25) is 10.0 Å². The Balaban J connectivity index is 2.13. The molecule has 0 spiro atoms. The predicted octanol–water partition coefficient (Wildman–Crippen LogP) is 0.662. The minimum Gasteiger partial charge on any atom is -0.317 e. The molecule has 20 heavy (non-hydrogen) atoms. The van der Waals surface area contributed by atoms with E-state index in [1.165, 1.54) is 0 Å². The molecule has 1 aromatic heterocycles. The first-order valence-electron chi connectivity index (χ1n) is 7.20. The van der Waals surface area contributed by atoms with Crippen molar-refractivity contribution in [1.82, 2.24) is 19.8 Å². The maximum Gasteiger partial charge on any atom is 0.211 e. The Morgan fingerprint density at radius 2 is 2.05 bits per heavy atom. The Labute approximate surface area is 122 Å². The number of nitrogens with one attached hydrogen (secondary N) is 2. The summed E-state index contributed by atoms with van der Waals surface area (Å²) in [6.45, 7) is 4.42. The van der Waals surface area contributed by atoms with E-state index in [-0.39, 0.29) is 5.75 Å². The van der Waals surface area contributed by atoms with Gasteiger partial charge in [-0.25, -0.2) is 13.1 Å². The first-order valence-corrected chi connectivity index (χ1v) is 8.85. The third kappa shape index (κ3) is 7.02. The first kappa shape index (κ1) is 17.1. The summed E-state index contributed by atoms with van der Waals surface area (Å²) in [6.07, 6.45) is 5.06. The molecule has 116 valence electrons. The second-order valence-electron chi connectivity index (χ2n) is 4.87. The number of rotatable bonds is 11. The average molecular weight is 302 g/mol. The van der Waals surface area contributed by atoms with Crippen LogP contribution in [0.1, 0.15) is 31.9 Å². The molecule has 6 nitrogen and oxygen atoms in total. The summed E-state index contributed by atoms with van der Waals surface area (Å²) in [5.74, 6) is 0.201. The highest BCUT2D eigenvalue weighted by Crippen LogP contribution is 1.98. The molecule has 0 amide bonds. The Morgan fingerprint density at radius 1 is 1.25 bits per heavy atom. The van der Waals surface area contributed by atoms with Crippen molar-refractivity contribution in [2.24, 2.45) is 7.05 Å². The molecule has 0 saturated heterocycles. The highest BCUT2D eigenvalue weighted by molar-refractivity contribution is 7.89. The van der Waals surface area contributed by atoms with Gasteiger partial charge in [-0.3, -0.25) is 4.68 Å². The topological polar surface area (TPSA) is 76.0 Å². The Hall–Kier alpha value is -0.920. The monoisotopic (exact) mass is 302 g/mol. The lowest BCUT2D eigenvalue weighted by atomic mass is 10.3. The van der Waals surface area contributed by atoms with Gasteiger partial charge in [0.05, 0.1) is 5.75 Å². The molecule has 2 N–H and O–H groups in total. The molecule has 0 aliphatic heterocycles. The predicted molar refractivity (Wildman–Crippen MR) is 81.1 cm³/mol. The van der Waals surface area contributed by atoms with Crippen LogP contribution >= 0.6 is 0 Å². The zero-order valence-corrected chi connectivity index (χ0v) is 13.2. The lowest BCUT2D eigenvalue weighted by molar-refractivity contribution is 0.571. The molecule has 1 aromatic rings. The minimum atomic E-state index is -3.15. The van der Waals surface area contributed by atoms with E-state index >= 15 is 0 Å². The summed E-state index contributed by atoms with van der Waals surface area (Å²) in [5.41, 5.74) is 1.02. The van der Waals surface area contributed by atoms with Crippen molar-refractivity contribution in [3.05, 3.63) is 18.0 Å². The van der Waals surface area contributed by atoms with Crippen molar-refractivity contribution >= 4 is 10.0 Å². The molecule has 1 heterocycles. The molecule has 0 aromatic carbocycles. The standard InChI is InChI=1S/C13H26N4O2S/c1-3-8-14-9-4-5-12-20(18,19)16-11-7-13-6-10-15-17(13)2/h6,10,14,16H,3-5,7-9,11-12H2,1-2H3. The van der Waals surface area contributed by atoms with Crippen LogP contribution in [0.25, 0.3) is 0 Å². The van der Waals surface area contributed by atoms with Crippen LogP contribution in [0.2, 0.25) is 0 Å². The lowest BCUT2D eigenvalue weighted by Gasteiger charge is -2.07. The summed E-state index contributed by atoms with van der Waals surface area (Å²) >= 11 is 0. The summed E-state index contributed by atoms with van der Waals surface area (Å²) in [4.78, 5) is 0. The van der Waals surface area contributed by atoms with Gasteiger partial charge in [-0.05, 0) is 38.4 Å². The van der Waals surface area contributed by atoms with Crippen molar-refractivity contribution in [2.75, 3.05) is 25.4 Å². The smallest absolute Gasteiger partial charge is 0.211 e. The van der Waals surface area contributed by atoms with Crippen LogP contribution in [0, 0.1) is 0 Å². The number of hydrogen-bond acceptors (Lipinski definition) is 4. The molecule has 0 bridgehead atoms. The van der Waals surface area contributed by atoms with E-state index in [1.54, 1.807) is 10.9 Å². The van der Waals surface area contributed by atoms with E-state index in [9.17, 15) is 8.42 Å². The minimum absolute atomic E-state index is 0.201. The molecule has 0 fully saturated rings. The fourth-order valence-electron chi connectivity index (χ4n) is 1.90. The van der Waals surface area contributed by atoms with Crippen LogP contribution in [-0.2, 0) is 23.5 Å². The van der Waals surface area contributed by atoms with Crippen LogP contribution in [0.15, 0.2) is 12.3 Å². The van der Waals surface area contributed by atoms with E-state index in [1.807, 2.05) is 13.1 Å². The van der Waals surface area contributed by atoms with E-state index in [4.69, 9.17) is 0 Å². The quantitative estimate of drug-likeness (QED) is 0.589. The summed E-state index contributed by atoms with van der Waals surface area (Å²) in [5, 5.41) is 7.31. The summed E-state index contributed by atoms with van der Waals surface area (Å²) in [7, 11) is -1.29. The Morgan fingerprint density at radius 3 is 2.70 bits per heavy atom. The van der Waals surface area contributed by atoms with Gasteiger partial charge in [0.1, 0.15) is 0 Å². The molecule has 0 atom stereocenters. The summed E-state index contributed by atoms with van der Waals surface area (Å²) < 4.78 is 28.0. The molecular weight excluding hydrogens is 276 g/mol. The van der Waals surface area contributed by atoms with Crippen molar-refractivity contribution < 1.29 is 8.42 Å². The van der Waals surface area contributed by atoms with E-state index < -0.39 is 10.0 Å². The lowest BCUT2D eigenvalue weighted by Crippen LogP contribution is -2.29. The van der Waals surface area contributed by atoms with E-state index in [0.717, 1.165) is 31.6 Å². The molecule has 0 aliphatic rings. The van der Waals surface area contributed by atoms with Gasteiger partial charge < -0.3 is 5.32 Å². The fourth-order valence-corrected chi connectivity index (χ4v) is 3.04. The van der Waals surface area contributed by atoms with Crippen molar-refractivity contribution in [2.45, 2.75) is 32.6 Å². The van der Waals surface area contributed by atoms with Crippen LogP contribution < -0.4 is 10.0 Å². The first-order chi connectivity index (χ1) is 9.55. The number of nitrogens with zero attached hydrogens (tertiary/aromatic N) is 2. The maximum atomic E-state index is 11.8.